The average Bonchev–Trinajstić information content (AvgIpc) is 2.48. The lowest BCUT2D eigenvalue weighted by Gasteiger charge is -2.27. The number of morpholine rings is 1. The highest BCUT2D eigenvalue weighted by Crippen LogP contribution is 2.22. The number of hydrazine groups is 1. The van der Waals surface area contributed by atoms with E-state index in [1.807, 2.05) is 23.2 Å². The van der Waals surface area contributed by atoms with Crippen LogP contribution in [0.4, 0.5) is 5.69 Å². The van der Waals surface area contributed by atoms with Gasteiger partial charge in [0.2, 0.25) is 0 Å². The lowest BCUT2D eigenvalue weighted by molar-refractivity contribution is 0.0126. The van der Waals surface area contributed by atoms with Crippen LogP contribution in [0.2, 0.25) is 0 Å². The van der Waals surface area contributed by atoms with Gasteiger partial charge in [-0.3, -0.25) is 10.2 Å². The number of nitrogens with zero attached hydrogens (tertiary/aromatic N) is 1. The second-order valence-corrected chi connectivity index (χ2v) is 4.94. The highest BCUT2D eigenvalue weighted by molar-refractivity contribution is 5.94. The molecule has 5 heteroatoms. The topological polar surface area (TPSA) is 53.6 Å². The number of rotatable bonds is 2. The molecule has 2 aliphatic rings. The quantitative estimate of drug-likeness (QED) is 0.834. The van der Waals surface area contributed by atoms with E-state index in [-0.39, 0.29) is 5.91 Å². The molecule has 0 atom stereocenters. The molecule has 1 fully saturated rings. The van der Waals surface area contributed by atoms with Gasteiger partial charge in [0.05, 0.1) is 13.2 Å². The number of anilines is 1. The zero-order valence-electron chi connectivity index (χ0n) is 10.9. The second-order valence-electron chi connectivity index (χ2n) is 4.94. The molecule has 0 aliphatic carbocycles. The smallest absolute Gasteiger partial charge is 0.265 e. The highest BCUT2D eigenvalue weighted by Gasteiger charge is 2.16. The minimum absolute atomic E-state index is 0.0322. The highest BCUT2D eigenvalue weighted by atomic mass is 16.5. The third-order valence-electron chi connectivity index (χ3n) is 3.58. The van der Waals surface area contributed by atoms with Crippen LogP contribution in [0.5, 0.6) is 0 Å². The van der Waals surface area contributed by atoms with Crippen molar-refractivity contribution >= 4 is 11.6 Å². The van der Waals surface area contributed by atoms with Gasteiger partial charge < -0.3 is 10.1 Å². The normalized spacial score (nSPS) is 19.4. The van der Waals surface area contributed by atoms with E-state index in [9.17, 15) is 4.79 Å². The lowest BCUT2D eigenvalue weighted by Crippen LogP contribution is -2.48. The molecular formula is C14H19N3O2. The number of aryl methyl sites for hydroxylation is 1. The number of carbonyl (C=O) groups is 1. The first-order valence-corrected chi connectivity index (χ1v) is 6.83. The van der Waals surface area contributed by atoms with E-state index >= 15 is 0 Å². The number of amides is 1. The fourth-order valence-corrected chi connectivity index (χ4v) is 2.50. The number of benzene rings is 1. The van der Waals surface area contributed by atoms with Crippen LogP contribution in [0.3, 0.4) is 0 Å². The minimum Gasteiger partial charge on any atom is -0.385 e. The van der Waals surface area contributed by atoms with Gasteiger partial charge in [0, 0.05) is 30.9 Å². The van der Waals surface area contributed by atoms with Gasteiger partial charge in [0.25, 0.3) is 5.91 Å². The Morgan fingerprint density at radius 2 is 2.16 bits per heavy atom. The second kappa shape index (κ2) is 5.59. The van der Waals surface area contributed by atoms with Crippen LogP contribution >= 0.6 is 0 Å². The fraction of sp³-hybridized carbons (Fsp3) is 0.500. The lowest BCUT2D eigenvalue weighted by atomic mass is 10.0. The fourth-order valence-electron chi connectivity index (χ4n) is 2.50. The summed E-state index contributed by atoms with van der Waals surface area (Å²) in [7, 11) is 0. The maximum atomic E-state index is 12.2. The summed E-state index contributed by atoms with van der Waals surface area (Å²) in [6.07, 6.45) is 2.17. The van der Waals surface area contributed by atoms with Crippen molar-refractivity contribution in [3.63, 3.8) is 0 Å². The Balaban J connectivity index is 1.69. The average molecular weight is 261 g/mol. The molecule has 0 saturated carbocycles. The van der Waals surface area contributed by atoms with Crippen LogP contribution in [-0.2, 0) is 11.2 Å². The van der Waals surface area contributed by atoms with Crippen LogP contribution in [0.25, 0.3) is 0 Å². The molecule has 5 nitrogen and oxygen atoms in total. The first-order chi connectivity index (χ1) is 9.33. The van der Waals surface area contributed by atoms with Crippen LogP contribution < -0.4 is 10.7 Å². The molecule has 1 saturated heterocycles. The molecule has 0 unspecified atom stereocenters. The molecule has 1 amide bonds. The third kappa shape index (κ3) is 2.88. The molecule has 2 N–H and O–H groups in total. The van der Waals surface area contributed by atoms with Crippen molar-refractivity contribution in [3.05, 3.63) is 29.3 Å². The summed E-state index contributed by atoms with van der Waals surface area (Å²) >= 11 is 0. The van der Waals surface area contributed by atoms with E-state index in [4.69, 9.17) is 4.74 Å². The summed E-state index contributed by atoms with van der Waals surface area (Å²) in [6.45, 7) is 3.87. The van der Waals surface area contributed by atoms with Crippen molar-refractivity contribution in [1.29, 1.82) is 0 Å². The SMILES string of the molecule is O=C(NN1CCOCC1)c1ccc2c(c1)CCCN2. The number of hydrogen-bond donors (Lipinski definition) is 2. The van der Waals surface area contributed by atoms with Crippen molar-refractivity contribution < 1.29 is 9.53 Å². The Hall–Kier alpha value is -1.59. The Kier molecular flexibility index (Phi) is 3.66. The van der Waals surface area contributed by atoms with E-state index in [2.05, 4.69) is 10.7 Å². The van der Waals surface area contributed by atoms with Crippen molar-refractivity contribution in [2.75, 3.05) is 38.2 Å². The predicted molar refractivity (Wildman–Crippen MR) is 73.1 cm³/mol. The number of hydrogen-bond acceptors (Lipinski definition) is 4. The molecule has 0 radical (unpaired) electrons. The van der Waals surface area contributed by atoms with E-state index < -0.39 is 0 Å². The summed E-state index contributed by atoms with van der Waals surface area (Å²) in [5.74, 6) is -0.0322. The van der Waals surface area contributed by atoms with Crippen LogP contribution in [0, 0.1) is 0 Å². The molecule has 19 heavy (non-hydrogen) atoms. The molecule has 1 aromatic carbocycles. The maximum Gasteiger partial charge on any atom is 0.265 e. The summed E-state index contributed by atoms with van der Waals surface area (Å²) in [4.78, 5) is 12.2. The van der Waals surface area contributed by atoms with Crippen molar-refractivity contribution in [2.24, 2.45) is 0 Å². The van der Waals surface area contributed by atoms with Gasteiger partial charge in [0.1, 0.15) is 0 Å². The molecule has 3 rings (SSSR count). The number of carbonyl (C=O) groups excluding carboxylic acids is 1. The zero-order chi connectivity index (χ0) is 13.1. The molecule has 2 aliphatic heterocycles. The molecule has 102 valence electrons. The Morgan fingerprint density at radius 3 is 3.00 bits per heavy atom. The minimum atomic E-state index is -0.0322. The first-order valence-electron chi connectivity index (χ1n) is 6.83. The summed E-state index contributed by atoms with van der Waals surface area (Å²) in [5.41, 5.74) is 6.06. The van der Waals surface area contributed by atoms with Crippen molar-refractivity contribution in [1.82, 2.24) is 10.4 Å². The van der Waals surface area contributed by atoms with Gasteiger partial charge >= 0.3 is 0 Å². The number of nitrogens with one attached hydrogen (secondary N) is 2. The molecule has 0 bridgehead atoms. The van der Waals surface area contributed by atoms with E-state index in [1.165, 1.54) is 5.56 Å². The van der Waals surface area contributed by atoms with Gasteiger partial charge in [-0.05, 0) is 36.6 Å². The van der Waals surface area contributed by atoms with Crippen LogP contribution in [0.1, 0.15) is 22.3 Å². The Bertz CT molecular complexity index is 470. The van der Waals surface area contributed by atoms with E-state index in [1.54, 1.807) is 0 Å². The van der Waals surface area contributed by atoms with Gasteiger partial charge in [0.15, 0.2) is 0 Å². The van der Waals surface area contributed by atoms with Crippen LogP contribution in [-0.4, -0.2) is 43.8 Å². The third-order valence-corrected chi connectivity index (χ3v) is 3.58. The molecule has 0 aromatic heterocycles. The molecular weight excluding hydrogens is 242 g/mol. The van der Waals surface area contributed by atoms with E-state index in [0.717, 1.165) is 43.7 Å². The Morgan fingerprint density at radius 1 is 1.32 bits per heavy atom. The Labute approximate surface area is 112 Å². The number of fused-ring (bicyclic) bond motifs is 1. The largest absolute Gasteiger partial charge is 0.385 e. The standard InChI is InChI=1S/C14H19N3O2/c18-14(16-17-6-8-19-9-7-17)12-3-4-13-11(10-12)2-1-5-15-13/h3-4,10,15H,1-2,5-9H2,(H,16,18). The van der Waals surface area contributed by atoms with Crippen molar-refractivity contribution in [3.8, 4) is 0 Å². The van der Waals surface area contributed by atoms with Crippen molar-refractivity contribution in [2.45, 2.75) is 12.8 Å². The van der Waals surface area contributed by atoms with Gasteiger partial charge in [-0.15, -0.1) is 0 Å². The number of ether oxygens (including phenoxy) is 1. The summed E-state index contributed by atoms with van der Waals surface area (Å²) < 4.78 is 5.26. The van der Waals surface area contributed by atoms with Crippen LogP contribution in [0.15, 0.2) is 18.2 Å². The predicted octanol–water partition coefficient (Wildman–Crippen LogP) is 1.02. The van der Waals surface area contributed by atoms with Gasteiger partial charge in [-0.25, -0.2) is 5.01 Å². The summed E-state index contributed by atoms with van der Waals surface area (Å²) in [5, 5.41) is 5.27. The molecule has 1 aromatic rings. The molecule has 2 heterocycles. The monoisotopic (exact) mass is 261 g/mol. The summed E-state index contributed by atoms with van der Waals surface area (Å²) in [6, 6.07) is 5.88. The van der Waals surface area contributed by atoms with Gasteiger partial charge in [-0.2, -0.15) is 0 Å². The van der Waals surface area contributed by atoms with E-state index in [0.29, 0.717) is 13.2 Å². The van der Waals surface area contributed by atoms with Gasteiger partial charge in [-0.1, -0.05) is 0 Å². The molecule has 0 spiro atoms. The zero-order valence-corrected chi connectivity index (χ0v) is 10.9. The maximum absolute atomic E-state index is 12.2. The first kappa shape index (κ1) is 12.4.